The first-order valence-corrected chi connectivity index (χ1v) is 9.06. The first-order valence-electron chi connectivity index (χ1n) is 8.18. The van der Waals surface area contributed by atoms with Gasteiger partial charge in [-0.25, -0.2) is 4.39 Å². The maximum Gasteiger partial charge on any atom is 0.237 e. The van der Waals surface area contributed by atoms with Crippen molar-refractivity contribution in [3.05, 3.63) is 52.5 Å². The van der Waals surface area contributed by atoms with Crippen molar-refractivity contribution in [3.8, 4) is 0 Å². The molecule has 1 unspecified atom stereocenters. The molecule has 128 valence electrons. The van der Waals surface area contributed by atoms with E-state index in [9.17, 15) is 9.18 Å². The second-order valence-electron chi connectivity index (χ2n) is 5.97. The maximum atomic E-state index is 13.0. The summed E-state index contributed by atoms with van der Waals surface area (Å²) in [6.07, 6.45) is 0. The number of thiophene rings is 1. The largest absolute Gasteiger partial charge is 0.369 e. The van der Waals surface area contributed by atoms with Gasteiger partial charge in [0.25, 0.3) is 0 Å². The number of halogens is 1. The molecule has 0 radical (unpaired) electrons. The molecule has 3 rings (SSSR count). The van der Waals surface area contributed by atoms with Crippen LogP contribution in [0, 0.1) is 5.82 Å². The molecule has 1 N–H and O–H groups in total. The zero-order valence-corrected chi connectivity index (χ0v) is 14.6. The number of nitrogens with zero attached hydrogens (tertiary/aromatic N) is 2. The molecule has 2 heterocycles. The van der Waals surface area contributed by atoms with Gasteiger partial charge in [-0.1, -0.05) is 6.07 Å². The van der Waals surface area contributed by atoms with Crippen LogP contribution in [0.3, 0.4) is 0 Å². The number of anilines is 1. The minimum atomic E-state index is -0.214. The molecule has 0 spiro atoms. The third-order valence-electron chi connectivity index (χ3n) is 4.45. The van der Waals surface area contributed by atoms with Gasteiger partial charge in [0, 0.05) is 36.7 Å². The maximum absolute atomic E-state index is 13.0. The van der Waals surface area contributed by atoms with E-state index in [1.807, 2.05) is 36.6 Å². The van der Waals surface area contributed by atoms with Gasteiger partial charge < -0.3 is 10.2 Å². The molecular weight excluding hydrogens is 325 g/mol. The summed E-state index contributed by atoms with van der Waals surface area (Å²) in [5.74, 6) is -0.146. The predicted molar refractivity (Wildman–Crippen MR) is 95.8 cm³/mol. The van der Waals surface area contributed by atoms with Crippen LogP contribution in [0.1, 0.15) is 11.8 Å². The van der Waals surface area contributed by atoms with E-state index in [0.29, 0.717) is 6.54 Å². The third kappa shape index (κ3) is 4.13. The molecule has 1 aromatic heterocycles. The zero-order chi connectivity index (χ0) is 16.9. The molecule has 6 heteroatoms. The fourth-order valence-electron chi connectivity index (χ4n) is 2.92. The average molecular weight is 347 g/mol. The Labute approximate surface area is 145 Å². The van der Waals surface area contributed by atoms with Crippen molar-refractivity contribution in [2.75, 3.05) is 31.1 Å². The molecule has 1 amide bonds. The third-order valence-corrected chi connectivity index (χ3v) is 5.33. The number of hydrogen-bond acceptors (Lipinski definition) is 4. The number of benzene rings is 1. The number of carbonyl (C=O) groups excluding carboxylic acids is 1. The first-order chi connectivity index (χ1) is 11.6. The van der Waals surface area contributed by atoms with Crippen molar-refractivity contribution < 1.29 is 9.18 Å². The number of nitrogens with one attached hydrogen (secondary N) is 1. The van der Waals surface area contributed by atoms with Crippen molar-refractivity contribution >= 4 is 22.9 Å². The van der Waals surface area contributed by atoms with E-state index in [1.54, 1.807) is 11.3 Å². The van der Waals surface area contributed by atoms with Crippen molar-refractivity contribution in [3.63, 3.8) is 0 Å². The zero-order valence-electron chi connectivity index (χ0n) is 13.7. The predicted octanol–water partition coefficient (Wildman–Crippen LogP) is 2.71. The van der Waals surface area contributed by atoms with Crippen LogP contribution in [-0.2, 0) is 11.3 Å². The SMILES string of the molecule is CC(C(=O)NCc1cccs1)N1CCN(c2ccc(F)cc2)CC1. The Morgan fingerprint density at radius 3 is 2.54 bits per heavy atom. The fourth-order valence-corrected chi connectivity index (χ4v) is 3.56. The molecule has 1 saturated heterocycles. The number of piperazine rings is 1. The van der Waals surface area contributed by atoms with E-state index in [1.165, 1.54) is 12.1 Å². The van der Waals surface area contributed by atoms with Crippen LogP contribution in [0.4, 0.5) is 10.1 Å². The van der Waals surface area contributed by atoms with E-state index in [4.69, 9.17) is 0 Å². The number of amides is 1. The highest BCUT2D eigenvalue weighted by Crippen LogP contribution is 2.18. The average Bonchev–Trinajstić information content (AvgIpc) is 3.13. The van der Waals surface area contributed by atoms with E-state index in [2.05, 4.69) is 15.1 Å². The van der Waals surface area contributed by atoms with Crippen LogP contribution in [0.25, 0.3) is 0 Å². The normalized spacial score (nSPS) is 16.8. The summed E-state index contributed by atoms with van der Waals surface area (Å²) in [6, 6.07) is 10.5. The highest BCUT2D eigenvalue weighted by Gasteiger charge is 2.25. The van der Waals surface area contributed by atoms with Gasteiger partial charge in [-0.2, -0.15) is 0 Å². The summed E-state index contributed by atoms with van der Waals surface area (Å²) in [4.78, 5) is 17.9. The van der Waals surface area contributed by atoms with Crippen LogP contribution in [0.5, 0.6) is 0 Å². The Hall–Kier alpha value is -1.92. The summed E-state index contributed by atoms with van der Waals surface area (Å²) in [6.45, 7) is 5.88. The van der Waals surface area contributed by atoms with Crippen molar-refractivity contribution in [2.45, 2.75) is 19.5 Å². The first kappa shape index (κ1) is 16.9. The number of rotatable bonds is 5. The molecule has 0 saturated carbocycles. The lowest BCUT2D eigenvalue weighted by molar-refractivity contribution is -0.126. The van der Waals surface area contributed by atoms with Gasteiger partial charge >= 0.3 is 0 Å². The van der Waals surface area contributed by atoms with Crippen LogP contribution in [-0.4, -0.2) is 43.0 Å². The highest BCUT2D eigenvalue weighted by atomic mass is 32.1. The summed E-state index contributed by atoms with van der Waals surface area (Å²) >= 11 is 1.65. The van der Waals surface area contributed by atoms with Gasteiger partial charge in [-0.15, -0.1) is 11.3 Å². The van der Waals surface area contributed by atoms with Crippen molar-refractivity contribution in [1.29, 1.82) is 0 Å². The Balaban J connectivity index is 1.48. The molecule has 0 aliphatic carbocycles. The molecule has 1 fully saturated rings. The summed E-state index contributed by atoms with van der Waals surface area (Å²) < 4.78 is 13.0. The molecule has 4 nitrogen and oxygen atoms in total. The molecule has 24 heavy (non-hydrogen) atoms. The van der Waals surface area contributed by atoms with Gasteiger partial charge in [0.05, 0.1) is 12.6 Å². The second kappa shape index (κ2) is 7.77. The van der Waals surface area contributed by atoms with Crippen LogP contribution in [0.2, 0.25) is 0 Å². The number of hydrogen-bond donors (Lipinski definition) is 1. The second-order valence-corrected chi connectivity index (χ2v) is 7.00. The smallest absolute Gasteiger partial charge is 0.237 e. The molecule has 2 aromatic rings. The fraction of sp³-hybridized carbons (Fsp3) is 0.389. The van der Waals surface area contributed by atoms with E-state index >= 15 is 0 Å². The lowest BCUT2D eigenvalue weighted by atomic mass is 10.2. The number of carbonyl (C=O) groups is 1. The summed E-state index contributed by atoms with van der Waals surface area (Å²) in [7, 11) is 0. The van der Waals surface area contributed by atoms with Gasteiger partial charge in [-0.3, -0.25) is 9.69 Å². The van der Waals surface area contributed by atoms with Gasteiger partial charge in [0.2, 0.25) is 5.91 Å². The lowest BCUT2D eigenvalue weighted by Crippen LogP contribution is -2.53. The Bertz CT molecular complexity index is 651. The van der Waals surface area contributed by atoms with E-state index < -0.39 is 0 Å². The molecule has 1 aromatic carbocycles. The standard InChI is InChI=1S/C18H22FN3OS/c1-14(18(23)20-13-17-3-2-12-24-17)21-8-10-22(11-9-21)16-6-4-15(19)5-7-16/h2-7,12,14H,8-11,13H2,1H3,(H,20,23). The van der Waals surface area contributed by atoms with Crippen LogP contribution >= 0.6 is 11.3 Å². The van der Waals surface area contributed by atoms with Gasteiger partial charge in [-0.05, 0) is 42.6 Å². The summed E-state index contributed by atoms with van der Waals surface area (Å²) in [5, 5.41) is 5.02. The monoisotopic (exact) mass is 347 g/mol. The Morgan fingerprint density at radius 2 is 1.92 bits per heavy atom. The van der Waals surface area contributed by atoms with Crippen LogP contribution in [0.15, 0.2) is 41.8 Å². The highest BCUT2D eigenvalue weighted by molar-refractivity contribution is 7.09. The van der Waals surface area contributed by atoms with Gasteiger partial charge in [0.15, 0.2) is 0 Å². The van der Waals surface area contributed by atoms with E-state index in [-0.39, 0.29) is 17.8 Å². The van der Waals surface area contributed by atoms with Crippen molar-refractivity contribution in [1.82, 2.24) is 10.2 Å². The molecule has 1 aliphatic rings. The van der Waals surface area contributed by atoms with Crippen molar-refractivity contribution in [2.24, 2.45) is 0 Å². The molecule has 0 bridgehead atoms. The van der Waals surface area contributed by atoms with Gasteiger partial charge in [0.1, 0.15) is 5.82 Å². The molecule has 1 aliphatic heterocycles. The minimum Gasteiger partial charge on any atom is -0.369 e. The van der Waals surface area contributed by atoms with E-state index in [0.717, 1.165) is 36.7 Å². The topological polar surface area (TPSA) is 35.6 Å². The quantitative estimate of drug-likeness (QED) is 0.903. The Morgan fingerprint density at radius 1 is 1.21 bits per heavy atom. The lowest BCUT2D eigenvalue weighted by Gasteiger charge is -2.38. The molecule has 1 atom stereocenters. The summed E-state index contributed by atoms with van der Waals surface area (Å²) in [5.41, 5.74) is 1.03. The molecular formula is C18H22FN3OS. The Kier molecular flexibility index (Phi) is 5.48. The van der Waals surface area contributed by atoms with Crippen LogP contribution < -0.4 is 10.2 Å². The minimum absolute atomic E-state index is 0.0682.